The molecule has 0 atom stereocenters. The molecule has 1 aromatic carbocycles. The summed E-state index contributed by atoms with van der Waals surface area (Å²) < 4.78 is 0. The van der Waals surface area contributed by atoms with Crippen LogP contribution in [0.3, 0.4) is 0 Å². The van der Waals surface area contributed by atoms with E-state index in [1.54, 1.807) is 11.8 Å². The molecule has 1 aliphatic rings. The second-order valence-electron chi connectivity index (χ2n) is 3.92. The molecule has 0 saturated heterocycles. The Bertz CT molecular complexity index is 432. The van der Waals surface area contributed by atoms with Gasteiger partial charge < -0.3 is 4.90 Å². The van der Waals surface area contributed by atoms with E-state index in [0.717, 1.165) is 18.1 Å². The van der Waals surface area contributed by atoms with Crippen LogP contribution in [0.2, 0.25) is 0 Å². The molecule has 0 aliphatic carbocycles. The lowest BCUT2D eigenvalue weighted by Gasteiger charge is -2.07. The fraction of sp³-hybridized carbons (Fsp3) is 0.308. The second-order valence-corrected chi connectivity index (χ2v) is 4.80. The van der Waals surface area contributed by atoms with E-state index >= 15 is 0 Å². The quantitative estimate of drug-likeness (QED) is 0.728. The van der Waals surface area contributed by atoms with E-state index in [2.05, 4.69) is 53.5 Å². The highest BCUT2D eigenvalue weighted by molar-refractivity contribution is 7.98. The van der Waals surface area contributed by atoms with Crippen molar-refractivity contribution in [1.29, 1.82) is 0 Å². The molecule has 0 fully saturated rings. The number of likely N-dealkylation sites (N-methyl/N-ethyl adjacent to an activating group) is 1. The van der Waals surface area contributed by atoms with E-state index in [4.69, 9.17) is 0 Å². The highest BCUT2D eigenvalue weighted by atomic mass is 32.2. The van der Waals surface area contributed by atoms with Crippen LogP contribution in [0.4, 0.5) is 0 Å². The Morgan fingerprint density at radius 3 is 2.50 bits per heavy atom. The van der Waals surface area contributed by atoms with Crippen molar-refractivity contribution >= 4 is 23.7 Å². The lowest BCUT2D eigenvalue weighted by molar-refractivity contribution is 0.575. The van der Waals surface area contributed by atoms with Crippen LogP contribution < -0.4 is 0 Å². The van der Waals surface area contributed by atoms with E-state index in [1.165, 1.54) is 10.5 Å². The minimum absolute atomic E-state index is 0.913. The average Bonchev–Trinajstić information content (AvgIpc) is 2.59. The maximum absolute atomic E-state index is 4.51. The second kappa shape index (κ2) is 4.74. The molecule has 0 radical (unpaired) electrons. The van der Waals surface area contributed by atoms with Crippen molar-refractivity contribution in [3.63, 3.8) is 0 Å². The largest absolute Gasteiger partial charge is 0.357 e. The molecule has 0 amide bonds. The molecular formula is C13H16N2S. The van der Waals surface area contributed by atoms with Crippen LogP contribution >= 0.6 is 11.8 Å². The third-order valence-electron chi connectivity index (χ3n) is 2.71. The van der Waals surface area contributed by atoms with Gasteiger partial charge in [0, 0.05) is 11.9 Å². The lowest BCUT2D eigenvalue weighted by atomic mass is 10.2. The predicted molar refractivity (Wildman–Crippen MR) is 71.9 cm³/mol. The van der Waals surface area contributed by atoms with Crippen molar-refractivity contribution in [2.24, 2.45) is 4.99 Å². The lowest BCUT2D eigenvalue weighted by Crippen LogP contribution is -2.18. The number of hydrogen-bond acceptors (Lipinski definition) is 3. The summed E-state index contributed by atoms with van der Waals surface area (Å²) in [7, 11) is 2.07. The Hall–Kier alpha value is -1.22. The SMILES string of the molecule is CSc1ccc(C=C2CN(C)C(C)=N2)cc1. The molecule has 0 saturated carbocycles. The summed E-state index contributed by atoms with van der Waals surface area (Å²) >= 11 is 1.76. The summed E-state index contributed by atoms with van der Waals surface area (Å²) in [5.41, 5.74) is 2.36. The topological polar surface area (TPSA) is 15.6 Å². The van der Waals surface area contributed by atoms with Gasteiger partial charge in [0.1, 0.15) is 5.84 Å². The normalized spacial score (nSPS) is 18.1. The van der Waals surface area contributed by atoms with E-state index in [-0.39, 0.29) is 0 Å². The van der Waals surface area contributed by atoms with Crippen LogP contribution in [-0.4, -0.2) is 30.6 Å². The molecule has 0 bridgehead atoms. The van der Waals surface area contributed by atoms with Crippen molar-refractivity contribution in [3.05, 3.63) is 35.5 Å². The molecule has 0 N–H and O–H groups in total. The Kier molecular flexibility index (Phi) is 3.34. The molecule has 0 spiro atoms. The van der Waals surface area contributed by atoms with Gasteiger partial charge in [0.25, 0.3) is 0 Å². The zero-order valence-electron chi connectivity index (χ0n) is 9.90. The number of aliphatic imine (C=N–C) groups is 1. The summed E-state index contributed by atoms with van der Waals surface area (Å²) in [6.07, 6.45) is 4.24. The van der Waals surface area contributed by atoms with Crippen molar-refractivity contribution in [2.45, 2.75) is 11.8 Å². The third kappa shape index (κ3) is 2.47. The Morgan fingerprint density at radius 1 is 1.31 bits per heavy atom. The zero-order valence-corrected chi connectivity index (χ0v) is 10.7. The van der Waals surface area contributed by atoms with Crippen molar-refractivity contribution in [1.82, 2.24) is 4.90 Å². The Balaban J connectivity index is 2.17. The van der Waals surface area contributed by atoms with Gasteiger partial charge in [-0.15, -0.1) is 11.8 Å². The van der Waals surface area contributed by atoms with Gasteiger partial charge in [-0.05, 0) is 37.0 Å². The first-order valence-electron chi connectivity index (χ1n) is 5.30. The minimum atomic E-state index is 0.913. The van der Waals surface area contributed by atoms with Gasteiger partial charge in [-0.25, -0.2) is 4.99 Å². The number of thioether (sulfide) groups is 1. The fourth-order valence-electron chi connectivity index (χ4n) is 1.66. The van der Waals surface area contributed by atoms with Crippen LogP contribution in [0.1, 0.15) is 12.5 Å². The first-order chi connectivity index (χ1) is 7.69. The molecule has 1 aromatic rings. The van der Waals surface area contributed by atoms with Gasteiger partial charge in [-0.2, -0.15) is 0 Å². The monoisotopic (exact) mass is 232 g/mol. The molecular weight excluding hydrogens is 216 g/mol. The standard InChI is InChI=1S/C13H16N2S/c1-10-14-12(9-15(10)2)8-11-4-6-13(16-3)7-5-11/h4-8H,9H2,1-3H3. The first kappa shape index (κ1) is 11.3. The average molecular weight is 232 g/mol. The Morgan fingerprint density at radius 2 is 2.00 bits per heavy atom. The highest BCUT2D eigenvalue weighted by Gasteiger charge is 2.11. The number of nitrogens with zero attached hydrogens (tertiary/aromatic N) is 2. The van der Waals surface area contributed by atoms with E-state index < -0.39 is 0 Å². The van der Waals surface area contributed by atoms with Crippen LogP contribution in [0.25, 0.3) is 6.08 Å². The molecule has 0 unspecified atom stereocenters. The molecule has 1 heterocycles. The summed E-state index contributed by atoms with van der Waals surface area (Å²) in [5.74, 6) is 1.09. The van der Waals surface area contributed by atoms with E-state index in [9.17, 15) is 0 Å². The molecule has 2 nitrogen and oxygen atoms in total. The summed E-state index contributed by atoms with van der Waals surface area (Å²) in [6, 6.07) is 8.57. The summed E-state index contributed by atoms with van der Waals surface area (Å²) in [4.78, 5) is 7.96. The smallest absolute Gasteiger partial charge is 0.101 e. The molecule has 2 rings (SSSR count). The Labute approximate surface area is 101 Å². The summed E-state index contributed by atoms with van der Waals surface area (Å²) in [6.45, 7) is 2.95. The van der Waals surface area contributed by atoms with Crippen molar-refractivity contribution in [2.75, 3.05) is 19.8 Å². The molecule has 3 heteroatoms. The van der Waals surface area contributed by atoms with Gasteiger partial charge in [0.15, 0.2) is 0 Å². The maximum atomic E-state index is 4.51. The van der Waals surface area contributed by atoms with Gasteiger partial charge in [0.2, 0.25) is 0 Å². The predicted octanol–water partition coefficient (Wildman–Crippen LogP) is 3.11. The molecule has 0 aromatic heterocycles. The van der Waals surface area contributed by atoms with Gasteiger partial charge in [0.05, 0.1) is 12.2 Å². The van der Waals surface area contributed by atoms with Gasteiger partial charge in [-0.3, -0.25) is 0 Å². The zero-order chi connectivity index (χ0) is 11.5. The van der Waals surface area contributed by atoms with E-state index in [1.807, 2.05) is 6.92 Å². The maximum Gasteiger partial charge on any atom is 0.101 e. The summed E-state index contributed by atoms with van der Waals surface area (Å²) in [5, 5.41) is 0. The number of benzene rings is 1. The van der Waals surface area contributed by atoms with Crippen molar-refractivity contribution < 1.29 is 0 Å². The number of amidine groups is 1. The van der Waals surface area contributed by atoms with Crippen LogP contribution in [-0.2, 0) is 0 Å². The molecule has 16 heavy (non-hydrogen) atoms. The van der Waals surface area contributed by atoms with Crippen molar-refractivity contribution in [3.8, 4) is 0 Å². The third-order valence-corrected chi connectivity index (χ3v) is 3.45. The van der Waals surface area contributed by atoms with E-state index in [0.29, 0.717) is 0 Å². The number of hydrogen-bond donors (Lipinski definition) is 0. The minimum Gasteiger partial charge on any atom is -0.357 e. The fourth-order valence-corrected chi connectivity index (χ4v) is 2.06. The van der Waals surface area contributed by atoms with Crippen LogP contribution in [0.15, 0.2) is 39.9 Å². The van der Waals surface area contributed by atoms with Gasteiger partial charge >= 0.3 is 0 Å². The molecule has 1 aliphatic heterocycles. The number of rotatable bonds is 2. The van der Waals surface area contributed by atoms with Gasteiger partial charge in [-0.1, -0.05) is 12.1 Å². The molecule has 84 valence electrons. The first-order valence-corrected chi connectivity index (χ1v) is 6.52. The van der Waals surface area contributed by atoms with Crippen LogP contribution in [0, 0.1) is 0 Å². The highest BCUT2D eigenvalue weighted by Crippen LogP contribution is 2.18. The van der Waals surface area contributed by atoms with Crippen LogP contribution in [0.5, 0.6) is 0 Å².